The molecule has 3 heterocycles. The highest BCUT2D eigenvalue weighted by molar-refractivity contribution is 6.34. The summed E-state index contributed by atoms with van der Waals surface area (Å²) in [5, 5.41) is 18.3. The Morgan fingerprint density at radius 3 is 2.43 bits per heavy atom. The first-order chi connectivity index (χ1) is 21.7. The minimum absolute atomic E-state index is 0.00783. The van der Waals surface area contributed by atoms with Crippen LogP contribution in [0.5, 0.6) is 0 Å². The fourth-order valence-electron chi connectivity index (χ4n) is 4.63. The number of hydrogen-bond acceptors (Lipinski definition) is 7. The molecule has 0 saturated heterocycles. The van der Waals surface area contributed by atoms with Gasteiger partial charge in [-0.3, -0.25) is 9.59 Å². The molecule has 3 aromatic heterocycles. The predicted molar refractivity (Wildman–Crippen MR) is 165 cm³/mol. The lowest BCUT2D eigenvalue weighted by molar-refractivity contribution is -0.145. The van der Waals surface area contributed by atoms with Crippen LogP contribution in [0.15, 0.2) is 54.7 Å². The third kappa shape index (κ3) is 7.33. The van der Waals surface area contributed by atoms with Crippen molar-refractivity contribution in [3.8, 4) is 5.82 Å². The van der Waals surface area contributed by atoms with Gasteiger partial charge in [0.1, 0.15) is 12.2 Å². The second-order valence-corrected chi connectivity index (χ2v) is 11.8. The summed E-state index contributed by atoms with van der Waals surface area (Å²) in [4.78, 5) is 32.4. The van der Waals surface area contributed by atoms with Crippen molar-refractivity contribution in [2.24, 2.45) is 0 Å². The average molecular weight is 712 g/mol. The third-order valence-electron chi connectivity index (χ3n) is 6.79. The van der Waals surface area contributed by atoms with Gasteiger partial charge in [-0.15, -0.1) is 10.2 Å². The van der Waals surface area contributed by atoms with Crippen LogP contribution in [0, 0.1) is 6.92 Å². The molecule has 1 amide bonds. The largest absolute Gasteiger partial charge is 0.455 e. The Kier molecular flexibility index (Phi) is 9.68. The first-order valence-corrected chi connectivity index (χ1v) is 14.8. The lowest BCUT2D eigenvalue weighted by Gasteiger charge is -2.19. The second kappa shape index (κ2) is 13.4. The van der Waals surface area contributed by atoms with E-state index in [4.69, 9.17) is 46.4 Å². The molecule has 0 spiro atoms. The minimum atomic E-state index is -4.79. The van der Waals surface area contributed by atoms with Crippen LogP contribution < -0.4 is 5.32 Å². The smallest absolute Gasteiger partial charge is 0.345 e. The maximum Gasteiger partial charge on any atom is 0.455 e. The van der Waals surface area contributed by atoms with E-state index in [0.29, 0.717) is 31.5 Å². The molecular formula is C29H21Cl4F3N8O2. The molecule has 1 atom stereocenters. The highest BCUT2D eigenvalue weighted by Crippen LogP contribution is 2.29. The maximum absolute atomic E-state index is 13.9. The maximum atomic E-state index is 13.9. The molecule has 0 aliphatic heterocycles. The quantitative estimate of drug-likeness (QED) is 0.161. The number of benzene rings is 2. The number of aryl methyl sites for hydroxylation is 1. The van der Waals surface area contributed by atoms with Crippen LogP contribution in [0.1, 0.15) is 62.0 Å². The normalized spacial score (nSPS) is 12.3. The number of nitrogens with zero attached hydrogens (tertiary/aromatic N) is 7. The van der Waals surface area contributed by atoms with E-state index in [2.05, 4.69) is 30.8 Å². The number of pyridine rings is 1. The van der Waals surface area contributed by atoms with Crippen LogP contribution in [-0.4, -0.2) is 46.7 Å². The Morgan fingerprint density at radius 2 is 1.74 bits per heavy atom. The SMILES string of the molecule is Cc1cc(Cl)cc(C(=O)NC(C)c2cc(Cl)ccc2Cl)c1CC(=O)c1cc(Cn2nnc(C(F)(F)F)n2)nn1-c1ncccc1Cl. The standard InChI is InChI=1S/C29H21Cl4F3N8O2/c1-14-8-17(31)10-21(27(46)38-15(2)20-9-16(30)5-6-22(20)32)19(14)12-25(45)24-11-18(13-43-41-28(39-42-43)29(34,35)36)40-44(24)26-23(33)4-3-7-37-26/h3-11,15H,12-13H2,1-2H3,(H,38,46). The van der Waals surface area contributed by atoms with Crippen LogP contribution in [0.3, 0.4) is 0 Å². The molecule has 0 aliphatic rings. The van der Waals surface area contributed by atoms with Crippen molar-refractivity contribution in [2.45, 2.75) is 39.0 Å². The van der Waals surface area contributed by atoms with E-state index in [1.807, 2.05) is 0 Å². The van der Waals surface area contributed by atoms with Crippen molar-refractivity contribution < 1.29 is 22.8 Å². The molecule has 2 aromatic carbocycles. The third-order valence-corrected chi connectivity index (χ3v) is 7.88. The van der Waals surface area contributed by atoms with E-state index in [-0.39, 0.29) is 45.8 Å². The number of amides is 1. The first-order valence-electron chi connectivity index (χ1n) is 13.3. The van der Waals surface area contributed by atoms with Crippen molar-refractivity contribution in [3.63, 3.8) is 0 Å². The van der Waals surface area contributed by atoms with Gasteiger partial charge in [0.25, 0.3) is 11.7 Å². The van der Waals surface area contributed by atoms with E-state index in [1.54, 1.807) is 44.2 Å². The summed E-state index contributed by atoms with van der Waals surface area (Å²) in [7, 11) is 0. The number of ketones is 1. The number of nitrogens with one attached hydrogen (secondary N) is 1. The summed E-state index contributed by atoms with van der Waals surface area (Å²) < 4.78 is 40.2. The number of Topliss-reactive ketones (excluding diaryl/α,β-unsaturated/α-hetero) is 1. The van der Waals surface area contributed by atoms with Gasteiger partial charge in [0.15, 0.2) is 11.6 Å². The fourth-order valence-corrected chi connectivity index (χ4v) is 5.57. The molecule has 1 unspecified atom stereocenters. The van der Waals surface area contributed by atoms with Gasteiger partial charge in [0.05, 0.1) is 16.8 Å². The second-order valence-electron chi connectivity index (χ2n) is 10.1. The number of tetrazole rings is 1. The fraction of sp³-hybridized carbons (Fsp3) is 0.207. The molecular weight excluding hydrogens is 691 g/mol. The van der Waals surface area contributed by atoms with Gasteiger partial charge >= 0.3 is 6.18 Å². The number of halogens is 7. The summed E-state index contributed by atoms with van der Waals surface area (Å²) >= 11 is 25.1. The lowest BCUT2D eigenvalue weighted by Crippen LogP contribution is -2.28. The van der Waals surface area contributed by atoms with E-state index in [0.717, 1.165) is 0 Å². The molecule has 17 heteroatoms. The summed E-state index contributed by atoms with van der Waals surface area (Å²) in [5.41, 5.74) is 1.79. The number of aromatic nitrogens is 7. The first kappa shape index (κ1) is 33.3. The zero-order chi connectivity index (χ0) is 33.3. The van der Waals surface area contributed by atoms with Crippen LogP contribution in [-0.2, 0) is 19.1 Å². The lowest BCUT2D eigenvalue weighted by atomic mass is 9.95. The zero-order valence-electron chi connectivity index (χ0n) is 23.8. The van der Waals surface area contributed by atoms with E-state index < -0.39 is 29.7 Å². The van der Waals surface area contributed by atoms with Gasteiger partial charge in [0.2, 0.25) is 0 Å². The Labute approximate surface area is 279 Å². The number of alkyl halides is 3. The summed E-state index contributed by atoms with van der Waals surface area (Å²) in [6.45, 7) is 3.09. The molecule has 0 fully saturated rings. The molecule has 0 saturated carbocycles. The van der Waals surface area contributed by atoms with Gasteiger partial charge in [-0.1, -0.05) is 46.4 Å². The van der Waals surface area contributed by atoms with Crippen molar-refractivity contribution >= 4 is 58.1 Å². The molecule has 1 N–H and O–H groups in total. The van der Waals surface area contributed by atoms with E-state index >= 15 is 0 Å². The highest BCUT2D eigenvalue weighted by atomic mass is 35.5. The van der Waals surface area contributed by atoms with Crippen molar-refractivity contribution in [1.82, 2.24) is 40.3 Å². The predicted octanol–water partition coefficient (Wildman–Crippen LogP) is 7.16. The van der Waals surface area contributed by atoms with Crippen molar-refractivity contribution in [3.05, 3.63) is 114 Å². The monoisotopic (exact) mass is 710 g/mol. The van der Waals surface area contributed by atoms with Gasteiger partial charge in [-0.25, -0.2) is 9.67 Å². The van der Waals surface area contributed by atoms with Gasteiger partial charge in [-0.2, -0.15) is 23.1 Å². The average Bonchev–Trinajstić information content (AvgIpc) is 3.63. The van der Waals surface area contributed by atoms with Crippen LogP contribution in [0.4, 0.5) is 13.2 Å². The number of rotatable bonds is 9. The Morgan fingerprint density at radius 1 is 0.978 bits per heavy atom. The Balaban J connectivity index is 1.49. The van der Waals surface area contributed by atoms with Crippen LogP contribution >= 0.6 is 46.4 Å². The van der Waals surface area contributed by atoms with Gasteiger partial charge in [-0.05, 0) is 84.3 Å². The number of hydrogen-bond donors (Lipinski definition) is 1. The Hall–Kier alpha value is -4.04. The summed E-state index contributed by atoms with van der Waals surface area (Å²) in [5.74, 6) is -2.35. The molecule has 5 rings (SSSR count). The molecule has 0 aliphatic carbocycles. The summed E-state index contributed by atoms with van der Waals surface area (Å²) in [6, 6.07) is 11.9. The van der Waals surface area contributed by atoms with Gasteiger partial charge < -0.3 is 5.32 Å². The zero-order valence-corrected chi connectivity index (χ0v) is 26.8. The van der Waals surface area contributed by atoms with Crippen molar-refractivity contribution in [2.75, 3.05) is 0 Å². The molecule has 238 valence electrons. The van der Waals surface area contributed by atoms with E-state index in [1.165, 1.54) is 29.1 Å². The molecule has 0 radical (unpaired) electrons. The van der Waals surface area contributed by atoms with Crippen LogP contribution in [0.2, 0.25) is 20.1 Å². The van der Waals surface area contributed by atoms with Crippen molar-refractivity contribution in [1.29, 1.82) is 0 Å². The topological polar surface area (TPSA) is 120 Å². The van der Waals surface area contributed by atoms with E-state index in [9.17, 15) is 22.8 Å². The van der Waals surface area contributed by atoms with Gasteiger partial charge in [0, 0.05) is 33.2 Å². The molecule has 10 nitrogen and oxygen atoms in total. The minimum Gasteiger partial charge on any atom is -0.345 e. The number of carbonyl (C=O) groups is 2. The number of carbonyl (C=O) groups excluding carboxylic acids is 2. The molecule has 0 bridgehead atoms. The highest BCUT2D eigenvalue weighted by Gasteiger charge is 2.37. The Bertz CT molecular complexity index is 1960. The molecule has 46 heavy (non-hydrogen) atoms. The summed E-state index contributed by atoms with van der Waals surface area (Å²) in [6.07, 6.45) is -3.64. The van der Waals surface area contributed by atoms with Crippen LogP contribution in [0.25, 0.3) is 5.82 Å². The molecule has 5 aromatic rings.